The SMILES string of the molecule is O=C(Nc1ccc2nc(SCc3ccccc3Cl)sc2c1)c1ccccc1C(=O)N1CCCCC1. The number of rotatable bonds is 6. The molecule has 2 amide bonds. The first kappa shape index (κ1) is 23.9. The van der Waals surface area contributed by atoms with Crippen molar-refractivity contribution in [1.29, 1.82) is 0 Å². The van der Waals surface area contributed by atoms with E-state index in [0.717, 1.165) is 63.2 Å². The van der Waals surface area contributed by atoms with Crippen LogP contribution in [0.5, 0.6) is 0 Å². The van der Waals surface area contributed by atoms with Crippen molar-refractivity contribution in [2.45, 2.75) is 29.4 Å². The van der Waals surface area contributed by atoms with Gasteiger partial charge in [0, 0.05) is 29.6 Å². The zero-order valence-corrected chi connectivity index (χ0v) is 21.4. The Balaban J connectivity index is 1.30. The molecule has 5 nitrogen and oxygen atoms in total. The number of nitrogens with zero attached hydrogens (tertiary/aromatic N) is 2. The third-order valence-corrected chi connectivity index (χ3v) is 8.56. The van der Waals surface area contributed by atoms with Crippen molar-refractivity contribution in [2.75, 3.05) is 18.4 Å². The number of hydrogen-bond donors (Lipinski definition) is 1. The molecular formula is C27H24ClN3O2S2. The second kappa shape index (κ2) is 10.8. The molecular weight excluding hydrogens is 498 g/mol. The zero-order chi connectivity index (χ0) is 24.2. The van der Waals surface area contributed by atoms with E-state index >= 15 is 0 Å². The van der Waals surface area contributed by atoms with Crippen molar-refractivity contribution in [2.24, 2.45) is 0 Å². The summed E-state index contributed by atoms with van der Waals surface area (Å²) in [5, 5.41) is 3.72. The largest absolute Gasteiger partial charge is 0.339 e. The zero-order valence-electron chi connectivity index (χ0n) is 19.0. The molecule has 0 atom stereocenters. The predicted molar refractivity (Wildman–Crippen MR) is 145 cm³/mol. The molecule has 1 N–H and O–H groups in total. The fourth-order valence-corrected chi connectivity index (χ4v) is 6.52. The van der Waals surface area contributed by atoms with Crippen molar-refractivity contribution in [1.82, 2.24) is 9.88 Å². The molecule has 1 aliphatic heterocycles. The summed E-state index contributed by atoms with van der Waals surface area (Å²) in [4.78, 5) is 32.8. The van der Waals surface area contributed by atoms with Gasteiger partial charge in [-0.15, -0.1) is 11.3 Å². The summed E-state index contributed by atoms with van der Waals surface area (Å²) in [6.45, 7) is 1.49. The Morgan fingerprint density at radius 1 is 0.971 bits per heavy atom. The number of carbonyl (C=O) groups is 2. The highest BCUT2D eigenvalue weighted by Gasteiger charge is 2.23. The molecule has 0 unspecified atom stereocenters. The molecule has 3 aromatic carbocycles. The Morgan fingerprint density at radius 3 is 2.51 bits per heavy atom. The molecule has 5 rings (SSSR count). The van der Waals surface area contributed by atoms with E-state index < -0.39 is 0 Å². The van der Waals surface area contributed by atoms with Crippen LogP contribution in [0.1, 0.15) is 45.5 Å². The number of likely N-dealkylation sites (tertiary alicyclic amines) is 1. The van der Waals surface area contributed by atoms with E-state index in [2.05, 4.69) is 5.32 Å². The summed E-state index contributed by atoms with van der Waals surface area (Å²) in [5.41, 5.74) is 3.47. The van der Waals surface area contributed by atoms with Gasteiger partial charge < -0.3 is 10.2 Å². The second-order valence-corrected chi connectivity index (χ2v) is 11.1. The van der Waals surface area contributed by atoms with Gasteiger partial charge in [-0.2, -0.15) is 0 Å². The minimum absolute atomic E-state index is 0.0754. The van der Waals surface area contributed by atoms with Gasteiger partial charge in [0.1, 0.15) is 0 Å². The van der Waals surface area contributed by atoms with Crippen LogP contribution in [0.3, 0.4) is 0 Å². The summed E-state index contributed by atoms with van der Waals surface area (Å²) < 4.78 is 1.93. The van der Waals surface area contributed by atoms with Crippen LogP contribution in [0.2, 0.25) is 5.02 Å². The molecule has 35 heavy (non-hydrogen) atoms. The maximum absolute atomic E-state index is 13.1. The molecule has 1 aliphatic rings. The normalized spacial score (nSPS) is 13.7. The molecule has 178 valence electrons. The van der Waals surface area contributed by atoms with Crippen LogP contribution in [-0.4, -0.2) is 34.8 Å². The van der Waals surface area contributed by atoms with Crippen molar-refractivity contribution >= 4 is 62.4 Å². The number of piperidine rings is 1. The molecule has 0 bridgehead atoms. The average Bonchev–Trinajstić information content (AvgIpc) is 3.30. The lowest BCUT2D eigenvalue weighted by Gasteiger charge is -2.27. The van der Waals surface area contributed by atoms with E-state index in [1.54, 1.807) is 47.4 Å². The topological polar surface area (TPSA) is 62.3 Å². The van der Waals surface area contributed by atoms with E-state index in [-0.39, 0.29) is 11.8 Å². The van der Waals surface area contributed by atoms with E-state index in [9.17, 15) is 9.59 Å². The highest BCUT2D eigenvalue weighted by molar-refractivity contribution is 8.00. The first-order valence-corrected chi connectivity index (χ1v) is 13.7. The van der Waals surface area contributed by atoms with E-state index in [0.29, 0.717) is 16.8 Å². The molecule has 0 aliphatic carbocycles. The Bertz CT molecular complexity index is 1380. The summed E-state index contributed by atoms with van der Waals surface area (Å²) >= 11 is 9.49. The fourth-order valence-electron chi connectivity index (χ4n) is 4.13. The number of carbonyl (C=O) groups excluding carboxylic acids is 2. The summed E-state index contributed by atoms with van der Waals surface area (Å²) in [7, 11) is 0. The smallest absolute Gasteiger partial charge is 0.256 e. The van der Waals surface area contributed by atoms with Crippen LogP contribution >= 0.6 is 34.7 Å². The molecule has 8 heteroatoms. The van der Waals surface area contributed by atoms with Crippen LogP contribution in [-0.2, 0) is 5.75 Å². The molecule has 1 fully saturated rings. The van der Waals surface area contributed by atoms with Crippen LogP contribution in [0.25, 0.3) is 10.2 Å². The first-order chi connectivity index (χ1) is 17.1. The summed E-state index contributed by atoms with van der Waals surface area (Å²) in [6.07, 6.45) is 3.16. The highest BCUT2D eigenvalue weighted by atomic mass is 35.5. The van der Waals surface area contributed by atoms with Crippen molar-refractivity contribution in [3.63, 3.8) is 0 Å². The molecule has 0 spiro atoms. The maximum atomic E-state index is 13.1. The monoisotopic (exact) mass is 521 g/mol. The van der Waals surface area contributed by atoms with Gasteiger partial charge in [-0.05, 0) is 61.2 Å². The predicted octanol–water partition coefficient (Wildman–Crippen LogP) is 7.12. The quantitative estimate of drug-likeness (QED) is 0.274. The Kier molecular flexibility index (Phi) is 7.37. The van der Waals surface area contributed by atoms with Crippen LogP contribution in [0, 0.1) is 0 Å². The summed E-state index contributed by atoms with van der Waals surface area (Å²) in [6, 6.07) is 20.5. The minimum atomic E-state index is -0.289. The van der Waals surface area contributed by atoms with Gasteiger partial charge in [-0.1, -0.05) is 53.7 Å². The number of nitrogens with one attached hydrogen (secondary N) is 1. The Labute approximate surface area is 217 Å². The number of fused-ring (bicyclic) bond motifs is 1. The van der Waals surface area contributed by atoms with Crippen LogP contribution < -0.4 is 5.32 Å². The number of thioether (sulfide) groups is 1. The minimum Gasteiger partial charge on any atom is -0.339 e. The third-order valence-electron chi connectivity index (χ3n) is 5.98. The molecule has 1 saturated heterocycles. The maximum Gasteiger partial charge on any atom is 0.256 e. The number of hydrogen-bond acceptors (Lipinski definition) is 5. The average molecular weight is 522 g/mol. The highest BCUT2D eigenvalue weighted by Crippen LogP contribution is 2.34. The van der Waals surface area contributed by atoms with Gasteiger partial charge in [0.05, 0.1) is 21.3 Å². The van der Waals surface area contributed by atoms with E-state index in [1.165, 1.54) is 0 Å². The number of thiazole rings is 1. The van der Waals surface area contributed by atoms with Gasteiger partial charge in [0.2, 0.25) is 0 Å². The number of benzene rings is 3. The van der Waals surface area contributed by atoms with Gasteiger partial charge >= 0.3 is 0 Å². The van der Waals surface area contributed by atoms with Crippen molar-refractivity contribution in [3.8, 4) is 0 Å². The number of anilines is 1. The van der Waals surface area contributed by atoms with Crippen molar-refractivity contribution in [3.05, 3.63) is 88.4 Å². The number of halogens is 1. The Hall–Kier alpha value is -2.87. The molecule has 0 saturated carbocycles. The molecule has 4 aromatic rings. The lowest BCUT2D eigenvalue weighted by atomic mass is 10.0. The standard InChI is InChI=1S/C27H24ClN3O2S2/c28-22-11-5-2-8-18(22)17-34-27-30-23-13-12-19(16-24(23)35-27)29-25(32)20-9-3-4-10-21(20)26(33)31-14-6-1-7-15-31/h2-5,8-13,16H,1,6-7,14-15,17H2,(H,29,32). The number of aromatic nitrogens is 1. The lowest BCUT2D eigenvalue weighted by Crippen LogP contribution is -2.36. The molecule has 0 radical (unpaired) electrons. The Morgan fingerprint density at radius 2 is 1.71 bits per heavy atom. The van der Waals surface area contributed by atoms with E-state index in [1.807, 2.05) is 47.4 Å². The van der Waals surface area contributed by atoms with Gasteiger partial charge in [0.15, 0.2) is 4.34 Å². The molecule has 2 heterocycles. The second-order valence-electron chi connectivity index (χ2n) is 8.39. The first-order valence-electron chi connectivity index (χ1n) is 11.5. The lowest BCUT2D eigenvalue weighted by molar-refractivity contribution is 0.0720. The van der Waals surface area contributed by atoms with Gasteiger partial charge in [0.25, 0.3) is 11.8 Å². The van der Waals surface area contributed by atoms with Gasteiger partial charge in [-0.3, -0.25) is 9.59 Å². The third kappa shape index (κ3) is 5.53. The van der Waals surface area contributed by atoms with Crippen molar-refractivity contribution < 1.29 is 9.59 Å². The van der Waals surface area contributed by atoms with Gasteiger partial charge in [-0.25, -0.2) is 4.98 Å². The number of amides is 2. The molecule has 1 aromatic heterocycles. The fraction of sp³-hybridized carbons (Fsp3) is 0.222. The van der Waals surface area contributed by atoms with E-state index in [4.69, 9.17) is 16.6 Å². The van der Waals surface area contributed by atoms with Crippen LogP contribution in [0.4, 0.5) is 5.69 Å². The summed E-state index contributed by atoms with van der Waals surface area (Å²) in [5.74, 6) is 0.377. The van der Waals surface area contributed by atoms with Crippen LogP contribution in [0.15, 0.2) is 71.1 Å².